The highest BCUT2D eigenvalue weighted by atomic mass is 35.5. The first-order valence-electron chi connectivity index (χ1n) is 7.01. The van der Waals surface area contributed by atoms with Crippen molar-refractivity contribution in [3.05, 3.63) is 59.3 Å². The van der Waals surface area contributed by atoms with Gasteiger partial charge in [0, 0.05) is 17.6 Å². The molecule has 0 saturated carbocycles. The smallest absolute Gasteiger partial charge is 0.294 e. The second kappa shape index (κ2) is 7.88. The molecular weight excluding hydrogens is 380 g/mol. The van der Waals surface area contributed by atoms with Gasteiger partial charge in [0.25, 0.3) is 16.0 Å². The molecule has 0 radical (unpaired) electrons. The Morgan fingerprint density at radius 2 is 1.96 bits per heavy atom. The van der Waals surface area contributed by atoms with Crippen molar-refractivity contribution < 1.29 is 17.8 Å². The van der Waals surface area contributed by atoms with Crippen molar-refractivity contribution in [2.45, 2.75) is 4.90 Å². The quantitative estimate of drug-likeness (QED) is 0.265. The van der Waals surface area contributed by atoms with Crippen LogP contribution in [0.25, 0.3) is 0 Å². The zero-order valence-corrected chi connectivity index (χ0v) is 14.7. The van der Waals surface area contributed by atoms with Crippen molar-refractivity contribution in [3.8, 4) is 6.07 Å². The van der Waals surface area contributed by atoms with Crippen molar-refractivity contribution >= 4 is 44.7 Å². The Hall–Kier alpha value is -3.06. The van der Waals surface area contributed by atoms with Crippen molar-refractivity contribution in [1.29, 1.82) is 5.26 Å². The number of amides is 1. The van der Waals surface area contributed by atoms with Crippen LogP contribution in [0.5, 0.6) is 0 Å². The molecule has 1 amide bonds. The van der Waals surface area contributed by atoms with Gasteiger partial charge in [0.05, 0.1) is 15.6 Å². The predicted molar refractivity (Wildman–Crippen MR) is 98.1 cm³/mol. The number of nitrogens with zero attached hydrogens (tertiary/aromatic N) is 1. The molecule has 8 nitrogen and oxygen atoms in total. The van der Waals surface area contributed by atoms with Crippen LogP contribution in [0.4, 0.5) is 17.1 Å². The molecule has 2 aromatic rings. The molecule has 0 fully saturated rings. The van der Waals surface area contributed by atoms with Gasteiger partial charge in [-0.3, -0.25) is 9.35 Å². The van der Waals surface area contributed by atoms with E-state index in [4.69, 9.17) is 27.1 Å². The van der Waals surface area contributed by atoms with E-state index in [9.17, 15) is 13.2 Å². The molecule has 2 aromatic carbocycles. The normalized spacial score (nSPS) is 11.5. The second-order valence-corrected chi connectivity index (χ2v) is 6.84. The molecule has 10 heteroatoms. The number of nitrogens with one attached hydrogen (secondary N) is 2. The second-order valence-electron chi connectivity index (χ2n) is 5.01. The molecule has 5 N–H and O–H groups in total. The Kier molecular flexibility index (Phi) is 5.84. The summed E-state index contributed by atoms with van der Waals surface area (Å²) < 4.78 is 31.3. The fraction of sp³-hybridized carbons (Fsp3) is 0. The molecule has 0 unspecified atom stereocenters. The molecule has 0 bridgehead atoms. The minimum absolute atomic E-state index is 0.255. The maximum atomic E-state index is 12.1. The van der Waals surface area contributed by atoms with E-state index in [0.717, 1.165) is 12.3 Å². The third kappa shape index (κ3) is 4.97. The van der Waals surface area contributed by atoms with E-state index in [1.54, 1.807) is 6.07 Å². The molecule has 26 heavy (non-hydrogen) atoms. The predicted octanol–water partition coefficient (Wildman–Crippen LogP) is 2.63. The number of nitrogens with two attached hydrogens (primary N) is 1. The van der Waals surface area contributed by atoms with Crippen molar-refractivity contribution in [3.63, 3.8) is 0 Å². The first-order valence-corrected chi connectivity index (χ1v) is 8.83. The number of nitrogen functional groups attached to an aromatic ring is 1. The third-order valence-electron chi connectivity index (χ3n) is 3.14. The maximum absolute atomic E-state index is 12.1. The van der Waals surface area contributed by atoms with Gasteiger partial charge in [-0.1, -0.05) is 17.7 Å². The monoisotopic (exact) mass is 392 g/mol. The molecule has 0 atom stereocenters. The number of halogens is 1. The summed E-state index contributed by atoms with van der Waals surface area (Å²) in [5.41, 5.74) is 6.27. The summed E-state index contributed by atoms with van der Waals surface area (Å²) in [7, 11) is -4.36. The van der Waals surface area contributed by atoms with Crippen LogP contribution in [0.3, 0.4) is 0 Å². The molecule has 0 spiro atoms. The molecule has 2 rings (SSSR count). The Morgan fingerprint density at radius 3 is 2.58 bits per heavy atom. The van der Waals surface area contributed by atoms with Crippen molar-refractivity contribution in [2.75, 3.05) is 16.4 Å². The number of anilines is 3. The van der Waals surface area contributed by atoms with Crippen LogP contribution in [0, 0.1) is 11.3 Å². The highest BCUT2D eigenvalue weighted by Crippen LogP contribution is 2.23. The third-order valence-corrected chi connectivity index (χ3v) is 4.32. The summed E-state index contributed by atoms with van der Waals surface area (Å²) in [5.74, 6) is -0.702. The number of benzene rings is 2. The van der Waals surface area contributed by atoms with Gasteiger partial charge in [-0.25, -0.2) is 0 Å². The lowest BCUT2D eigenvalue weighted by molar-refractivity contribution is -0.112. The lowest BCUT2D eigenvalue weighted by atomic mass is 10.2. The number of rotatable bonds is 5. The van der Waals surface area contributed by atoms with Gasteiger partial charge in [-0.15, -0.1) is 0 Å². The van der Waals surface area contributed by atoms with Crippen LogP contribution < -0.4 is 16.4 Å². The zero-order valence-electron chi connectivity index (χ0n) is 13.1. The first-order chi connectivity index (χ1) is 12.2. The topological polar surface area (TPSA) is 145 Å². The van der Waals surface area contributed by atoms with Gasteiger partial charge in [-0.2, -0.15) is 13.7 Å². The minimum Gasteiger partial charge on any atom is -0.398 e. The van der Waals surface area contributed by atoms with E-state index in [1.807, 2.05) is 0 Å². The molecule has 0 aromatic heterocycles. The van der Waals surface area contributed by atoms with Crippen LogP contribution in [-0.2, 0) is 14.9 Å². The highest BCUT2D eigenvalue weighted by molar-refractivity contribution is 7.85. The number of carbonyl (C=O) groups excluding carboxylic acids is 1. The van der Waals surface area contributed by atoms with Crippen LogP contribution in [-0.4, -0.2) is 18.9 Å². The Morgan fingerprint density at radius 1 is 1.23 bits per heavy atom. The lowest BCUT2D eigenvalue weighted by Crippen LogP contribution is -2.14. The van der Waals surface area contributed by atoms with E-state index in [1.165, 1.54) is 36.4 Å². The Balaban J connectivity index is 2.16. The van der Waals surface area contributed by atoms with Crippen LogP contribution >= 0.6 is 11.6 Å². The molecular formula is C16H13ClN4O4S. The number of carbonyl (C=O) groups is 1. The molecule has 134 valence electrons. The first kappa shape index (κ1) is 19.3. The van der Waals surface area contributed by atoms with Gasteiger partial charge in [0.15, 0.2) is 0 Å². The Labute approximate surface area is 154 Å². The van der Waals surface area contributed by atoms with Gasteiger partial charge in [0.1, 0.15) is 11.6 Å². The average Bonchev–Trinajstić information content (AvgIpc) is 2.58. The van der Waals surface area contributed by atoms with Crippen LogP contribution in [0.1, 0.15) is 0 Å². The molecule has 0 saturated heterocycles. The Bertz CT molecular complexity index is 1030. The van der Waals surface area contributed by atoms with Crippen molar-refractivity contribution in [2.24, 2.45) is 0 Å². The van der Waals surface area contributed by atoms with Crippen LogP contribution in [0.15, 0.2) is 59.1 Å². The molecule has 0 aliphatic rings. The average molecular weight is 393 g/mol. The van der Waals surface area contributed by atoms with Gasteiger partial charge in [0.2, 0.25) is 0 Å². The fourth-order valence-corrected chi connectivity index (χ4v) is 2.56. The maximum Gasteiger partial charge on any atom is 0.294 e. The summed E-state index contributed by atoms with van der Waals surface area (Å²) in [6.07, 6.45) is 1.11. The number of hydrogen-bond donors (Lipinski definition) is 4. The summed E-state index contributed by atoms with van der Waals surface area (Å²) >= 11 is 5.87. The van der Waals surface area contributed by atoms with Gasteiger partial charge >= 0.3 is 0 Å². The highest BCUT2D eigenvalue weighted by Gasteiger charge is 2.12. The fourth-order valence-electron chi connectivity index (χ4n) is 1.85. The molecule has 0 heterocycles. The number of nitriles is 1. The molecule has 0 aliphatic heterocycles. The van der Waals surface area contributed by atoms with E-state index >= 15 is 0 Å². The van der Waals surface area contributed by atoms with Gasteiger partial charge < -0.3 is 16.4 Å². The van der Waals surface area contributed by atoms with Crippen molar-refractivity contribution in [1.82, 2.24) is 0 Å². The lowest BCUT2D eigenvalue weighted by Gasteiger charge is -2.07. The summed E-state index contributed by atoms with van der Waals surface area (Å²) in [6.45, 7) is 0. The SMILES string of the molecule is N#C/C(=C/Nc1cccc(S(=O)(=O)O)c1)C(=O)Nc1ccc(N)c(Cl)c1. The summed E-state index contributed by atoms with van der Waals surface area (Å²) in [6, 6.07) is 11.4. The summed E-state index contributed by atoms with van der Waals surface area (Å²) in [5, 5.41) is 14.5. The van der Waals surface area contributed by atoms with E-state index in [2.05, 4.69) is 10.6 Å². The summed E-state index contributed by atoms with van der Waals surface area (Å²) in [4.78, 5) is 11.8. The number of hydrogen-bond acceptors (Lipinski definition) is 6. The standard InChI is InChI=1S/C16H13ClN4O4S/c17-14-7-12(4-5-15(14)19)21-16(22)10(8-18)9-20-11-2-1-3-13(6-11)26(23,24)25/h1-7,9,20H,19H2,(H,21,22)(H,23,24,25)/b10-9-. The molecule has 0 aliphatic carbocycles. The zero-order chi connectivity index (χ0) is 19.3. The largest absolute Gasteiger partial charge is 0.398 e. The van der Waals surface area contributed by atoms with Gasteiger partial charge in [-0.05, 0) is 36.4 Å². The van der Waals surface area contributed by atoms with Crippen LogP contribution in [0.2, 0.25) is 5.02 Å². The van der Waals surface area contributed by atoms with E-state index < -0.39 is 16.0 Å². The minimum atomic E-state index is -4.36. The van der Waals surface area contributed by atoms with E-state index in [0.29, 0.717) is 11.4 Å². The van der Waals surface area contributed by atoms with E-state index in [-0.39, 0.29) is 21.2 Å².